The van der Waals surface area contributed by atoms with Crippen LogP contribution in [0.1, 0.15) is 10.4 Å². The number of nitrogen functional groups attached to an aromatic ring is 1. The predicted molar refractivity (Wildman–Crippen MR) is 84.0 cm³/mol. The molecule has 0 spiro atoms. The summed E-state index contributed by atoms with van der Waals surface area (Å²) < 4.78 is 5.18. The van der Waals surface area contributed by atoms with Crippen LogP contribution in [0.25, 0.3) is 0 Å². The van der Waals surface area contributed by atoms with E-state index in [0.717, 1.165) is 16.3 Å². The average molecular weight is 301 g/mol. The topological polar surface area (TPSA) is 68.5 Å². The molecule has 0 saturated heterocycles. The zero-order valence-corrected chi connectivity index (χ0v) is 12.4. The summed E-state index contributed by atoms with van der Waals surface area (Å²) in [5.41, 5.74) is 7.81. The van der Waals surface area contributed by atoms with Crippen LogP contribution in [0.2, 0.25) is 0 Å². The summed E-state index contributed by atoms with van der Waals surface area (Å²) in [5, 5.41) is 0. The van der Waals surface area contributed by atoms with E-state index in [1.54, 1.807) is 35.0 Å². The summed E-state index contributed by atoms with van der Waals surface area (Å²) in [7, 11) is 1.51. The molecule has 2 heterocycles. The molecule has 5 nitrogen and oxygen atoms in total. The molecule has 3 rings (SSSR count). The Morgan fingerprint density at radius 3 is 3.10 bits per heavy atom. The zero-order chi connectivity index (χ0) is 14.8. The predicted octanol–water partition coefficient (Wildman–Crippen LogP) is 2.42. The number of amides is 1. The monoisotopic (exact) mass is 301 g/mol. The van der Waals surface area contributed by atoms with E-state index < -0.39 is 0 Å². The number of carbonyl (C=O) groups excluding carboxylic acids is 1. The number of anilines is 2. The Morgan fingerprint density at radius 1 is 1.43 bits per heavy atom. The molecule has 1 amide bonds. The number of nitrogens with two attached hydrogens (primary N) is 1. The second-order valence-corrected chi connectivity index (χ2v) is 5.73. The lowest BCUT2D eigenvalue weighted by molar-refractivity contribution is 0.0984. The van der Waals surface area contributed by atoms with Crippen LogP contribution in [0.4, 0.5) is 11.4 Å². The lowest BCUT2D eigenvalue weighted by Crippen LogP contribution is -2.35. The van der Waals surface area contributed by atoms with Crippen molar-refractivity contribution in [1.29, 1.82) is 0 Å². The second kappa shape index (κ2) is 5.65. The minimum Gasteiger partial charge on any atom is -0.480 e. The maximum Gasteiger partial charge on any atom is 0.263 e. The molecule has 0 unspecified atom stereocenters. The molecule has 0 fully saturated rings. The summed E-state index contributed by atoms with van der Waals surface area (Å²) in [5.74, 6) is 1.07. The van der Waals surface area contributed by atoms with Gasteiger partial charge in [-0.25, -0.2) is 4.98 Å². The number of nitrogens with zero attached hydrogens (tertiary/aromatic N) is 2. The third-order valence-electron chi connectivity index (χ3n) is 3.29. The van der Waals surface area contributed by atoms with E-state index >= 15 is 0 Å². The van der Waals surface area contributed by atoms with Gasteiger partial charge in [-0.3, -0.25) is 4.79 Å². The van der Waals surface area contributed by atoms with Gasteiger partial charge in [0.1, 0.15) is 5.56 Å². The van der Waals surface area contributed by atoms with Crippen LogP contribution in [0.15, 0.2) is 41.4 Å². The highest BCUT2D eigenvalue weighted by Crippen LogP contribution is 2.37. The molecule has 1 aromatic heterocycles. The van der Waals surface area contributed by atoms with Gasteiger partial charge in [0, 0.05) is 29.1 Å². The average Bonchev–Trinajstić information content (AvgIpc) is 2.53. The molecule has 21 heavy (non-hydrogen) atoms. The van der Waals surface area contributed by atoms with E-state index in [2.05, 4.69) is 4.98 Å². The van der Waals surface area contributed by atoms with E-state index in [-0.39, 0.29) is 5.91 Å². The first-order valence-electron chi connectivity index (χ1n) is 6.54. The van der Waals surface area contributed by atoms with Crippen molar-refractivity contribution in [3.63, 3.8) is 0 Å². The quantitative estimate of drug-likeness (QED) is 0.863. The van der Waals surface area contributed by atoms with Gasteiger partial charge in [-0.1, -0.05) is 0 Å². The van der Waals surface area contributed by atoms with Gasteiger partial charge in [-0.05, 0) is 30.3 Å². The van der Waals surface area contributed by atoms with Gasteiger partial charge in [0.2, 0.25) is 5.88 Å². The van der Waals surface area contributed by atoms with Crippen molar-refractivity contribution in [2.75, 3.05) is 30.0 Å². The van der Waals surface area contributed by atoms with Crippen molar-refractivity contribution in [2.45, 2.75) is 4.90 Å². The van der Waals surface area contributed by atoms with Crippen molar-refractivity contribution >= 4 is 29.0 Å². The standard InChI is InChI=1S/C15H15N3O2S/c1-20-14-11(3-2-6-17-14)15(19)18-7-8-21-13-5-4-10(16)9-12(13)18/h2-6,9H,7-8,16H2,1H3. The van der Waals surface area contributed by atoms with Gasteiger partial charge in [-0.2, -0.15) is 0 Å². The first-order chi connectivity index (χ1) is 10.2. The molecule has 0 atom stereocenters. The first kappa shape index (κ1) is 13.8. The molecule has 2 aromatic rings. The number of fused-ring (bicyclic) bond motifs is 1. The Bertz CT molecular complexity index is 690. The summed E-state index contributed by atoms with van der Waals surface area (Å²) >= 11 is 1.73. The lowest BCUT2D eigenvalue weighted by atomic mass is 10.2. The molecule has 0 bridgehead atoms. The SMILES string of the molecule is COc1ncccc1C(=O)N1CCSc2ccc(N)cc21. The maximum atomic E-state index is 12.8. The van der Waals surface area contributed by atoms with Crippen molar-refractivity contribution < 1.29 is 9.53 Å². The van der Waals surface area contributed by atoms with Crippen LogP contribution >= 0.6 is 11.8 Å². The third-order valence-corrected chi connectivity index (χ3v) is 4.33. The number of methoxy groups -OCH3 is 1. The fourth-order valence-electron chi connectivity index (χ4n) is 2.31. The second-order valence-electron chi connectivity index (χ2n) is 4.59. The Balaban J connectivity index is 2.02. The van der Waals surface area contributed by atoms with Gasteiger partial charge >= 0.3 is 0 Å². The molecule has 6 heteroatoms. The number of hydrogen-bond donors (Lipinski definition) is 1. The molecule has 0 radical (unpaired) electrons. The van der Waals surface area contributed by atoms with Gasteiger partial charge in [-0.15, -0.1) is 11.8 Å². The minimum absolute atomic E-state index is 0.118. The maximum absolute atomic E-state index is 12.8. The highest BCUT2D eigenvalue weighted by atomic mass is 32.2. The largest absolute Gasteiger partial charge is 0.480 e. The van der Waals surface area contributed by atoms with Crippen LogP contribution in [0.3, 0.4) is 0 Å². The van der Waals surface area contributed by atoms with Crippen LogP contribution < -0.4 is 15.4 Å². The molecule has 1 aliphatic rings. The van der Waals surface area contributed by atoms with Crippen LogP contribution in [0.5, 0.6) is 5.88 Å². The molecule has 1 aliphatic heterocycles. The summed E-state index contributed by atoms with van der Waals surface area (Å²) in [4.78, 5) is 19.7. The van der Waals surface area contributed by atoms with Gasteiger partial charge in [0.05, 0.1) is 12.8 Å². The van der Waals surface area contributed by atoms with Crippen molar-refractivity contribution in [3.8, 4) is 5.88 Å². The van der Waals surface area contributed by atoms with E-state index in [4.69, 9.17) is 10.5 Å². The smallest absolute Gasteiger partial charge is 0.263 e. The number of rotatable bonds is 2. The van der Waals surface area contributed by atoms with E-state index in [0.29, 0.717) is 23.7 Å². The normalized spacial score (nSPS) is 13.7. The first-order valence-corrected chi connectivity index (χ1v) is 7.52. The van der Waals surface area contributed by atoms with E-state index in [1.165, 1.54) is 7.11 Å². The Labute approximate surface area is 127 Å². The molecule has 0 aliphatic carbocycles. The van der Waals surface area contributed by atoms with Crippen molar-refractivity contribution in [1.82, 2.24) is 4.98 Å². The summed E-state index contributed by atoms with van der Waals surface area (Å²) in [6.45, 7) is 0.637. The van der Waals surface area contributed by atoms with E-state index in [9.17, 15) is 4.79 Å². The number of carbonyl (C=O) groups is 1. The summed E-state index contributed by atoms with van der Waals surface area (Å²) in [6, 6.07) is 9.10. The number of benzene rings is 1. The molecule has 0 saturated carbocycles. The fraction of sp³-hybridized carbons (Fsp3) is 0.200. The Morgan fingerprint density at radius 2 is 2.29 bits per heavy atom. The van der Waals surface area contributed by atoms with Gasteiger partial charge in [0.15, 0.2) is 0 Å². The third kappa shape index (κ3) is 2.54. The number of ether oxygens (including phenoxy) is 1. The highest BCUT2D eigenvalue weighted by Gasteiger charge is 2.26. The molecule has 108 valence electrons. The van der Waals surface area contributed by atoms with Crippen LogP contribution in [-0.4, -0.2) is 30.3 Å². The van der Waals surface area contributed by atoms with Gasteiger partial charge < -0.3 is 15.4 Å². The minimum atomic E-state index is -0.118. The number of aromatic nitrogens is 1. The number of hydrogen-bond acceptors (Lipinski definition) is 5. The molecular formula is C15H15N3O2S. The zero-order valence-electron chi connectivity index (χ0n) is 11.6. The summed E-state index contributed by atoms with van der Waals surface area (Å²) in [6.07, 6.45) is 1.60. The Kier molecular flexibility index (Phi) is 3.70. The van der Waals surface area contributed by atoms with Crippen LogP contribution in [-0.2, 0) is 0 Å². The van der Waals surface area contributed by atoms with E-state index in [1.807, 2.05) is 18.2 Å². The number of thioether (sulfide) groups is 1. The number of pyridine rings is 1. The fourth-order valence-corrected chi connectivity index (χ4v) is 3.28. The molecule has 1 aromatic carbocycles. The highest BCUT2D eigenvalue weighted by molar-refractivity contribution is 7.99. The molecular weight excluding hydrogens is 286 g/mol. The molecule has 2 N–H and O–H groups in total. The Hall–Kier alpha value is -2.21. The van der Waals surface area contributed by atoms with Crippen LogP contribution in [0, 0.1) is 0 Å². The lowest BCUT2D eigenvalue weighted by Gasteiger charge is -2.29. The van der Waals surface area contributed by atoms with Crippen molar-refractivity contribution in [2.24, 2.45) is 0 Å². The van der Waals surface area contributed by atoms with Gasteiger partial charge in [0.25, 0.3) is 5.91 Å². The van der Waals surface area contributed by atoms with Crippen molar-refractivity contribution in [3.05, 3.63) is 42.1 Å².